The number of hydrogen-bond donors (Lipinski definition) is 2. The van der Waals surface area contributed by atoms with Crippen molar-refractivity contribution in [2.45, 2.75) is 83.6 Å². The first-order chi connectivity index (χ1) is 15.0. The second kappa shape index (κ2) is 10.8. The number of urea groups is 1. The van der Waals surface area contributed by atoms with E-state index in [1.54, 1.807) is 18.4 Å². The normalized spacial score (nSPS) is 19.7. The molecule has 168 valence electrons. The first-order valence-corrected chi connectivity index (χ1v) is 11.7. The van der Waals surface area contributed by atoms with Crippen LogP contribution in [0.1, 0.15) is 101 Å². The molecule has 1 aromatic carbocycles. The van der Waals surface area contributed by atoms with Crippen LogP contribution in [-0.2, 0) is 0 Å². The van der Waals surface area contributed by atoms with Gasteiger partial charge < -0.3 is 14.8 Å². The summed E-state index contributed by atoms with van der Waals surface area (Å²) in [6.45, 7) is 6.37. The SMILES string of the molecule is CCCCCCC(CC)c1coc(C2C(CC)=NC(=O)NC2c2ccc(O)c(Cl)c2)n1. The Balaban J connectivity index is 1.90. The van der Waals surface area contributed by atoms with Crippen LogP contribution in [0, 0.1) is 0 Å². The van der Waals surface area contributed by atoms with Crippen LogP contribution in [0.3, 0.4) is 0 Å². The fourth-order valence-corrected chi connectivity index (χ4v) is 4.42. The Labute approximate surface area is 189 Å². The summed E-state index contributed by atoms with van der Waals surface area (Å²) in [6, 6.07) is 4.14. The van der Waals surface area contributed by atoms with Gasteiger partial charge in [-0.1, -0.05) is 64.1 Å². The molecule has 0 bridgehead atoms. The van der Waals surface area contributed by atoms with Crippen molar-refractivity contribution in [3.63, 3.8) is 0 Å². The van der Waals surface area contributed by atoms with Gasteiger partial charge in [-0.2, -0.15) is 0 Å². The average Bonchev–Trinajstić information content (AvgIpc) is 3.24. The molecule has 1 aromatic heterocycles. The van der Waals surface area contributed by atoms with E-state index in [-0.39, 0.29) is 16.7 Å². The van der Waals surface area contributed by atoms with Gasteiger partial charge >= 0.3 is 6.03 Å². The Hall–Kier alpha value is -2.34. The van der Waals surface area contributed by atoms with Crippen molar-refractivity contribution in [2.75, 3.05) is 0 Å². The minimum atomic E-state index is -0.422. The quantitative estimate of drug-likeness (QED) is 0.389. The van der Waals surface area contributed by atoms with Crippen molar-refractivity contribution >= 4 is 23.3 Å². The van der Waals surface area contributed by atoms with Gasteiger partial charge in [0.1, 0.15) is 12.0 Å². The van der Waals surface area contributed by atoms with Gasteiger partial charge in [0, 0.05) is 11.6 Å². The van der Waals surface area contributed by atoms with Crippen LogP contribution in [0.15, 0.2) is 33.9 Å². The predicted molar refractivity (Wildman–Crippen MR) is 123 cm³/mol. The lowest BCUT2D eigenvalue weighted by Crippen LogP contribution is -2.39. The Morgan fingerprint density at radius 3 is 2.71 bits per heavy atom. The first kappa shape index (κ1) is 23.3. The molecule has 3 unspecified atom stereocenters. The van der Waals surface area contributed by atoms with E-state index in [4.69, 9.17) is 21.0 Å². The molecular weight excluding hydrogens is 414 g/mol. The fourth-order valence-electron chi connectivity index (χ4n) is 4.23. The Bertz CT molecular complexity index is 925. The van der Waals surface area contributed by atoms with E-state index < -0.39 is 12.1 Å². The van der Waals surface area contributed by atoms with E-state index in [0.717, 1.165) is 29.8 Å². The number of amides is 2. The van der Waals surface area contributed by atoms with Gasteiger partial charge in [-0.05, 0) is 37.0 Å². The number of rotatable bonds is 10. The van der Waals surface area contributed by atoms with Crippen LogP contribution in [0.25, 0.3) is 0 Å². The highest BCUT2D eigenvalue weighted by atomic mass is 35.5. The van der Waals surface area contributed by atoms with Crippen molar-refractivity contribution in [2.24, 2.45) is 4.99 Å². The van der Waals surface area contributed by atoms with Crippen molar-refractivity contribution < 1.29 is 14.3 Å². The summed E-state index contributed by atoms with van der Waals surface area (Å²) in [7, 11) is 0. The Morgan fingerprint density at radius 1 is 1.23 bits per heavy atom. The van der Waals surface area contributed by atoms with Gasteiger partial charge in [-0.15, -0.1) is 0 Å². The number of aromatic hydroxyl groups is 1. The summed E-state index contributed by atoms with van der Waals surface area (Å²) in [6.07, 6.45) is 9.36. The molecule has 0 aliphatic carbocycles. The molecule has 1 aliphatic heterocycles. The second-order valence-electron chi connectivity index (χ2n) is 8.14. The van der Waals surface area contributed by atoms with Crippen molar-refractivity contribution in [1.82, 2.24) is 10.3 Å². The summed E-state index contributed by atoms with van der Waals surface area (Å²) >= 11 is 6.14. The van der Waals surface area contributed by atoms with Crippen molar-refractivity contribution in [3.05, 3.63) is 46.6 Å². The predicted octanol–water partition coefficient (Wildman–Crippen LogP) is 6.90. The van der Waals surface area contributed by atoms with Crippen LogP contribution in [0.5, 0.6) is 5.75 Å². The minimum absolute atomic E-state index is 0.000699. The fraction of sp³-hybridized carbons (Fsp3) is 0.542. The zero-order chi connectivity index (χ0) is 22.4. The number of unbranched alkanes of at least 4 members (excludes halogenated alkanes) is 3. The van der Waals surface area contributed by atoms with Crippen LogP contribution < -0.4 is 5.32 Å². The smallest absolute Gasteiger partial charge is 0.341 e. The molecule has 2 aromatic rings. The molecule has 6 nitrogen and oxygen atoms in total. The molecule has 3 atom stereocenters. The van der Waals surface area contributed by atoms with Crippen LogP contribution >= 0.6 is 11.6 Å². The lowest BCUT2D eigenvalue weighted by atomic mass is 9.86. The Kier molecular flexibility index (Phi) is 8.13. The number of halogens is 1. The molecule has 1 aliphatic rings. The molecule has 2 amide bonds. The number of oxazole rings is 1. The minimum Gasteiger partial charge on any atom is -0.506 e. The first-order valence-electron chi connectivity index (χ1n) is 11.3. The maximum Gasteiger partial charge on any atom is 0.341 e. The Morgan fingerprint density at radius 2 is 2.03 bits per heavy atom. The highest BCUT2D eigenvalue weighted by Gasteiger charge is 2.37. The maximum atomic E-state index is 12.2. The molecule has 0 radical (unpaired) electrons. The van der Waals surface area contributed by atoms with Gasteiger partial charge in [0.2, 0.25) is 5.89 Å². The molecule has 7 heteroatoms. The van der Waals surface area contributed by atoms with Gasteiger partial charge in [0.05, 0.1) is 22.7 Å². The molecule has 3 rings (SSSR count). The number of phenolic OH excluding ortho intramolecular Hbond substituents is 1. The number of benzene rings is 1. The van der Waals surface area contributed by atoms with E-state index in [9.17, 15) is 9.90 Å². The van der Waals surface area contributed by atoms with Crippen molar-refractivity contribution in [3.8, 4) is 5.75 Å². The molecule has 0 saturated carbocycles. The lowest BCUT2D eigenvalue weighted by molar-refractivity contribution is 0.241. The number of carbonyl (C=O) groups excluding carboxylic acids is 1. The summed E-state index contributed by atoms with van der Waals surface area (Å²) < 4.78 is 5.96. The largest absolute Gasteiger partial charge is 0.506 e. The monoisotopic (exact) mass is 445 g/mol. The molecule has 0 spiro atoms. The topological polar surface area (TPSA) is 87.7 Å². The third kappa shape index (κ3) is 5.48. The number of nitrogens with one attached hydrogen (secondary N) is 1. The molecule has 0 fully saturated rings. The van der Waals surface area contributed by atoms with Gasteiger partial charge in [0.25, 0.3) is 0 Å². The third-order valence-corrected chi connectivity index (χ3v) is 6.34. The number of nitrogens with zero attached hydrogens (tertiary/aromatic N) is 2. The van der Waals surface area contributed by atoms with Crippen LogP contribution in [0.2, 0.25) is 5.02 Å². The molecule has 0 saturated heterocycles. The zero-order valence-electron chi connectivity index (χ0n) is 18.5. The van der Waals surface area contributed by atoms with Crippen LogP contribution in [-0.4, -0.2) is 21.8 Å². The van der Waals surface area contributed by atoms with E-state index in [1.165, 1.54) is 31.7 Å². The summed E-state index contributed by atoms with van der Waals surface area (Å²) in [5, 5.41) is 13.0. The molecule has 31 heavy (non-hydrogen) atoms. The van der Waals surface area contributed by atoms with E-state index >= 15 is 0 Å². The maximum absolute atomic E-state index is 12.2. The summed E-state index contributed by atoms with van der Waals surface area (Å²) in [4.78, 5) is 21.3. The highest BCUT2D eigenvalue weighted by molar-refractivity contribution is 6.32. The summed E-state index contributed by atoms with van der Waals surface area (Å²) in [5.41, 5.74) is 2.46. The van der Waals surface area contributed by atoms with Gasteiger partial charge in [-0.3, -0.25) is 0 Å². The van der Waals surface area contributed by atoms with Crippen LogP contribution in [0.4, 0.5) is 4.79 Å². The number of carbonyl (C=O) groups is 1. The number of aromatic nitrogens is 1. The average molecular weight is 446 g/mol. The third-order valence-electron chi connectivity index (χ3n) is 6.03. The van der Waals surface area contributed by atoms with Gasteiger partial charge in [-0.25, -0.2) is 14.8 Å². The zero-order valence-corrected chi connectivity index (χ0v) is 19.3. The number of hydrogen-bond acceptors (Lipinski definition) is 4. The van der Waals surface area contributed by atoms with E-state index in [2.05, 4.69) is 24.2 Å². The lowest BCUT2D eigenvalue weighted by Gasteiger charge is -2.30. The number of aliphatic imine (C=N–C) groups is 1. The second-order valence-corrected chi connectivity index (χ2v) is 8.54. The van der Waals surface area contributed by atoms with Crippen molar-refractivity contribution in [1.29, 1.82) is 0 Å². The standard InChI is InChI=1S/C24H32ClN3O3/c1-4-7-8-9-10-15(5-2)19-14-31-23(26-19)21-18(6-3)27-24(30)28-22(21)16-11-12-20(29)17(25)13-16/h11-15,21-22,29H,4-10H2,1-3H3,(H,28,30). The highest BCUT2D eigenvalue weighted by Crippen LogP contribution is 2.38. The molecule has 2 N–H and O–H groups in total. The summed E-state index contributed by atoms with van der Waals surface area (Å²) in [5.74, 6) is 0.586. The molecular formula is C24H32ClN3O3. The van der Waals surface area contributed by atoms with E-state index in [1.807, 2.05) is 6.92 Å². The molecule has 2 heterocycles. The van der Waals surface area contributed by atoms with Gasteiger partial charge in [0.15, 0.2) is 0 Å². The van der Waals surface area contributed by atoms with E-state index in [0.29, 0.717) is 18.2 Å². The number of phenols is 1.